The Balaban J connectivity index is 2.17. The molecule has 0 fully saturated rings. The van der Waals surface area contributed by atoms with Crippen LogP contribution in [0.25, 0.3) is 11.3 Å². The number of nitrogens with zero attached hydrogens (tertiary/aromatic N) is 3. The number of imidazole rings is 1. The van der Waals surface area contributed by atoms with Crippen molar-refractivity contribution in [2.45, 2.75) is 45.8 Å². The second-order valence-electron chi connectivity index (χ2n) is 10.3. The number of carbonyl (C=O) groups is 1. The van der Waals surface area contributed by atoms with Crippen molar-refractivity contribution in [2.24, 2.45) is 11.1 Å². The molecule has 0 spiro atoms. The molecule has 0 unspecified atom stereocenters. The monoisotopic (exact) mass is 514 g/mol. The summed E-state index contributed by atoms with van der Waals surface area (Å²) >= 11 is 0. The topological polar surface area (TPSA) is 93.6 Å². The first kappa shape index (κ1) is 28.3. The van der Waals surface area contributed by atoms with E-state index in [9.17, 15) is 18.7 Å². The van der Waals surface area contributed by atoms with Crippen LogP contribution in [-0.4, -0.2) is 58.4 Å². The molecular formula is C28H36F2N4O3. The first-order chi connectivity index (χ1) is 17.5. The SMILES string of the molecule is COCC(=O)N(CC[C@@H](N)CF)[C@@H](c1nc(-c2cccc(F)c2)cn1Cc1cccc(O)c1)C(C)(C)C. The van der Waals surface area contributed by atoms with Gasteiger partial charge in [-0.05, 0) is 41.7 Å². The highest BCUT2D eigenvalue weighted by Crippen LogP contribution is 2.39. The summed E-state index contributed by atoms with van der Waals surface area (Å²) in [6.45, 7) is 5.71. The second kappa shape index (κ2) is 12.3. The average Bonchev–Trinajstić information content (AvgIpc) is 3.23. The van der Waals surface area contributed by atoms with Gasteiger partial charge in [-0.2, -0.15) is 0 Å². The molecule has 3 aromatic rings. The summed E-state index contributed by atoms with van der Waals surface area (Å²) in [6, 6.07) is 11.8. The molecule has 0 aliphatic heterocycles. The number of phenols is 1. The molecule has 200 valence electrons. The zero-order valence-corrected chi connectivity index (χ0v) is 21.8. The van der Waals surface area contributed by atoms with Gasteiger partial charge in [0.05, 0.1) is 11.7 Å². The summed E-state index contributed by atoms with van der Waals surface area (Å²) in [5.74, 6) is 0.0566. The lowest BCUT2D eigenvalue weighted by molar-refractivity contribution is -0.140. The summed E-state index contributed by atoms with van der Waals surface area (Å²) in [5.41, 5.74) is 7.33. The minimum atomic E-state index is -0.701. The average molecular weight is 515 g/mol. The largest absolute Gasteiger partial charge is 0.508 e. The number of carbonyl (C=O) groups excluding carboxylic acids is 1. The Morgan fingerprint density at radius 3 is 2.57 bits per heavy atom. The minimum Gasteiger partial charge on any atom is -0.508 e. The van der Waals surface area contributed by atoms with E-state index in [-0.39, 0.29) is 37.0 Å². The molecule has 3 N–H and O–H groups in total. The Hall–Kier alpha value is -3.30. The second-order valence-corrected chi connectivity index (χ2v) is 10.3. The van der Waals surface area contributed by atoms with Crippen molar-refractivity contribution in [1.82, 2.24) is 14.5 Å². The van der Waals surface area contributed by atoms with E-state index in [2.05, 4.69) is 0 Å². The Kier molecular flexibility index (Phi) is 9.39. The summed E-state index contributed by atoms with van der Waals surface area (Å²) in [7, 11) is 1.44. The van der Waals surface area contributed by atoms with Gasteiger partial charge < -0.3 is 25.0 Å². The molecule has 0 aliphatic rings. The number of aromatic hydroxyl groups is 1. The molecule has 0 bridgehead atoms. The smallest absolute Gasteiger partial charge is 0.249 e. The molecule has 2 aromatic carbocycles. The van der Waals surface area contributed by atoms with Gasteiger partial charge in [0.15, 0.2) is 0 Å². The van der Waals surface area contributed by atoms with Crippen molar-refractivity contribution >= 4 is 5.91 Å². The first-order valence-electron chi connectivity index (χ1n) is 12.2. The fourth-order valence-electron chi connectivity index (χ4n) is 4.39. The van der Waals surface area contributed by atoms with Crippen LogP contribution in [-0.2, 0) is 16.1 Å². The predicted molar refractivity (Wildman–Crippen MR) is 139 cm³/mol. The maximum Gasteiger partial charge on any atom is 0.249 e. The number of halogens is 2. The number of rotatable bonds is 11. The molecule has 3 rings (SSSR count). The molecule has 7 nitrogen and oxygen atoms in total. The normalized spacial score (nSPS) is 13.4. The predicted octanol–water partition coefficient (Wildman–Crippen LogP) is 4.69. The number of hydrogen-bond acceptors (Lipinski definition) is 5. The number of aromatic nitrogens is 2. The van der Waals surface area contributed by atoms with E-state index in [1.165, 1.54) is 19.2 Å². The van der Waals surface area contributed by atoms with E-state index >= 15 is 0 Å². The number of ether oxygens (including phenoxy) is 1. The van der Waals surface area contributed by atoms with Crippen molar-refractivity contribution in [3.8, 4) is 17.0 Å². The molecule has 1 amide bonds. The van der Waals surface area contributed by atoms with Crippen molar-refractivity contribution in [1.29, 1.82) is 0 Å². The van der Waals surface area contributed by atoms with Crippen LogP contribution in [0.15, 0.2) is 54.7 Å². The third-order valence-electron chi connectivity index (χ3n) is 6.09. The maximum absolute atomic E-state index is 14.1. The lowest BCUT2D eigenvalue weighted by Gasteiger charge is -2.40. The molecule has 1 heterocycles. The first-order valence-corrected chi connectivity index (χ1v) is 12.2. The van der Waals surface area contributed by atoms with Crippen LogP contribution in [0.1, 0.15) is 44.6 Å². The van der Waals surface area contributed by atoms with E-state index in [0.717, 1.165) is 5.56 Å². The summed E-state index contributed by atoms with van der Waals surface area (Å²) in [5, 5.41) is 10.0. The number of phenolic OH excluding ortho intramolecular Hbond substituents is 1. The molecule has 37 heavy (non-hydrogen) atoms. The van der Waals surface area contributed by atoms with Crippen molar-refractivity contribution in [3.05, 3.63) is 71.9 Å². The van der Waals surface area contributed by atoms with Gasteiger partial charge in [-0.15, -0.1) is 0 Å². The maximum atomic E-state index is 14.1. The number of hydrogen-bond donors (Lipinski definition) is 2. The lowest BCUT2D eigenvalue weighted by Crippen LogP contribution is -2.45. The van der Waals surface area contributed by atoms with E-state index in [1.807, 2.05) is 37.6 Å². The highest BCUT2D eigenvalue weighted by Gasteiger charge is 2.38. The van der Waals surface area contributed by atoms with Gasteiger partial charge in [0.1, 0.15) is 30.7 Å². The van der Waals surface area contributed by atoms with E-state index in [1.54, 1.807) is 35.2 Å². The zero-order valence-electron chi connectivity index (χ0n) is 21.8. The number of benzene rings is 2. The quantitative estimate of drug-likeness (QED) is 0.387. The molecular weight excluding hydrogens is 478 g/mol. The van der Waals surface area contributed by atoms with Crippen LogP contribution in [0.4, 0.5) is 8.78 Å². The van der Waals surface area contributed by atoms with Gasteiger partial charge in [0.2, 0.25) is 5.91 Å². The fraction of sp³-hybridized carbons (Fsp3) is 0.429. The zero-order chi connectivity index (χ0) is 27.2. The highest BCUT2D eigenvalue weighted by molar-refractivity contribution is 5.78. The van der Waals surface area contributed by atoms with Crippen LogP contribution in [0.2, 0.25) is 0 Å². The Bertz CT molecular complexity index is 1190. The van der Waals surface area contributed by atoms with Crippen molar-refractivity contribution in [3.63, 3.8) is 0 Å². The van der Waals surface area contributed by atoms with Gasteiger partial charge in [-0.3, -0.25) is 4.79 Å². The van der Waals surface area contributed by atoms with Crippen LogP contribution in [0.3, 0.4) is 0 Å². The molecule has 1 aromatic heterocycles. The van der Waals surface area contributed by atoms with Gasteiger partial charge in [-0.25, -0.2) is 13.8 Å². The Morgan fingerprint density at radius 2 is 1.95 bits per heavy atom. The summed E-state index contributed by atoms with van der Waals surface area (Å²) < 4.78 is 34.3. The van der Waals surface area contributed by atoms with Gasteiger partial charge >= 0.3 is 0 Å². The van der Waals surface area contributed by atoms with Gasteiger partial charge in [0.25, 0.3) is 0 Å². The Morgan fingerprint density at radius 1 is 1.22 bits per heavy atom. The number of methoxy groups -OCH3 is 1. The van der Waals surface area contributed by atoms with Crippen LogP contribution < -0.4 is 5.73 Å². The van der Waals surface area contributed by atoms with Crippen LogP contribution >= 0.6 is 0 Å². The molecule has 9 heteroatoms. The summed E-state index contributed by atoms with van der Waals surface area (Å²) in [4.78, 5) is 19.8. The minimum absolute atomic E-state index is 0.133. The van der Waals surface area contributed by atoms with Gasteiger partial charge in [-0.1, -0.05) is 45.0 Å². The molecule has 0 saturated heterocycles. The van der Waals surface area contributed by atoms with Crippen LogP contribution in [0, 0.1) is 11.2 Å². The van der Waals surface area contributed by atoms with Crippen molar-refractivity contribution in [2.75, 3.05) is 26.9 Å². The molecule has 0 aliphatic carbocycles. The molecule has 0 saturated carbocycles. The lowest BCUT2D eigenvalue weighted by atomic mass is 9.84. The summed E-state index contributed by atoms with van der Waals surface area (Å²) in [6.07, 6.45) is 2.09. The fourth-order valence-corrected chi connectivity index (χ4v) is 4.39. The van der Waals surface area contributed by atoms with E-state index in [4.69, 9.17) is 15.5 Å². The number of nitrogens with two attached hydrogens (primary N) is 1. The van der Waals surface area contributed by atoms with Gasteiger partial charge in [0, 0.05) is 38.0 Å². The standard InChI is InChI=1S/C28H36F2N4O3/c1-28(2,3)26(34(25(36)18-37-4)12-11-22(31)15-29)27-32-24(20-8-6-9-21(30)14-20)17-33(27)16-19-7-5-10-23(35)13-19/h5-10,13-14,17,22,26,35H,11-12,15-16,18,31H2,1-4H3/t22-,26+/m1/s1. The highest BCUT2D eigenvalue weighted by atomic mass is 19.1. The van der Waals surface area contributed by atoms with Crippen LogP contribution in [0.5, 0.6) is 5.75 Å². The molecule has 2 atom stereocenters. The number of alkyl halides is 1. The van der Waals surface area contributed by atoms with E-state index < -0.39 is 24.2 Å². The van der Waals surface area contributed by atoms with Crippen molar-refractivity contribution < 1.29 is 23.4 Å². The third-order valence-corrected chi connectivity index (χ3v) is 6.09. The number of amides is 1. The molecule has 0 radical (unpaired) electrons. The van der Waals surface area contributed by atoms with E-state index in [0.29, 0.717) is 23.6 Å². The third kappa shape index (κ3) is 7.36. The Labute approximate surface area is 216 Å².